The van der Waals surface area contributed by atoms with Crippen LogP contribution in [-0.2, 0) is 11.3 Å². The number of nitrogens with one attached hydrogen (secondary N) is 1. The Morgan fingerprint density at radius 2 is 2.20 bits per heavy atom. The Kier molecular flexibility index (Phi) is 3.87. The van der Waals surface area contributed by atoms with Gasteiger partial charge in [0.1, 0.15) is 5.75 Å². The second-order valence-electron chi connectivity index (χ2n) is 4.46. The zero-order valence-corrected chi connectivity index (χ0v) is 11.8. The van der Waals surface area contributed by atoms with Gasteiger partial charge in [-0.3, -0.25) is 0 Å². The lowest BCUT2D eigenvalue weighted by atomic mass is 9.79. The van der Waals surface area contributed by atoms with Crippen LogP contribution in [0.1, 0.15) is 5.56 Å². The van der Waals surface area contributed by atoms with Gasteiger partial charge in [-0.05, 0) is 53.3 Å². The lowest BCUT2D eigenvalue weighted by molar-refractivity contribution is 0.275. The minimum absolute atomic E-state index is 0.472. The quantitative estimate of drug-likeness (QED) is 0.665. The fraction of sp³-hybridized carbons (Fsp3) is 0.143. The average Bonchev–Trinajstić information content (AvgIpc) is 2.86. The van der Waals surface area contributed by atoms with Crippen molar-refractivity contribution in [1.82, 2.24) is 0 Å². The molecular weight excluding hydrogens is 273 g/mol. The first-order chi connectivity index (χ1) is 9.76. The van der Waals surface area contributed by atoms with Crippen LogP contribution in [0, 0.1) is 0 Å². The van der Waals surface area contributed by atoms with Crippen molar-refractivity contribution in [3.63, 3.8) is 0 Å². The average molecular weight is 287 g/mol. The number of ether oxygens (including phenoxy) is 1. The van der Waals surface area contributed by atoms with E-state index in [-0.39, 0.29) is 0 Å². The van der Waals surface area contributed by atoms with Gasteiger partial charge in [-0.1, -0.05) is 12.1 Å². The molecule has 0 fully saturated rings. The first-order valence-electron chi connectivity index (χ1n) is 6.25. The van der Waals surface area contributed by atoms with Gasteiger partial charge in [-0.25, -0.2) is 0 Å². The molecule has 0 spiro atoms. The van der Waals surface area contributed by atoms with Gasteiger partial charge in [0.2, 0.25) is 0 Å². The van der Waals surface area contributed by atoms with Crippen LogP contribution >= 0.6 is 11.9 Å². The Hall–Kier alpha value is -1.63. The number of benzene rings is 2. The van der Waals surface area contributed by atoms with Gasteiger partial charge < -0.3 is 19.1 Å². The van der Waals surface area contributed by atoms with E-state index in [1.165, 1.54) is 11.9 Å². The van der Waals surface area contributed by atoms with Crippen molar-refractivity contribution in [2.75, 3.05) is 11.8 Å². The molecule has 0 atom stereocenters. The molecule has 2 N–H and O–H groups in total. The molecule has 0 radical (unpaired) electrons. The van der Waals surface area contributed by atoms with E-state index in [2.05, 4.69) is 4.72 Å². The van der Waals surface area contributed by atoms with E-state index in [1.807, 2.05) is 42.5 Å². The van der Waals surface area contributed by atoms with E-state index < -0.39 is 7.12 Å². The fourth-order valence-electron chi connectivity index (χ4n) is 2.06. The fourth-order valence-corrected chi connectivity index (χ4v) is 2.75. The molecule has 1 aliphatic rings. The van der Waals surface area contributed by atoms with Crippen LogP contribution < -0.4 is 14.9 Å². The summed E-state index contributed by atoms with van der Waals surface area (Å²) in [6.07, 6.45) is 0. The molecular formula is C14H14BNO3S. The van der Waals surface area contributed by atoms with Gasteiger partial charge in [0.15, 0.2) is 0 Å². The molecule has 0 aliphatic carbocycles. The van der Waals surface area contributed by atoms with E-state index in [0.29, 0.717) is 6.61 Å². The van der Waals surface area contributed by atoms with Crippen LogP contribution in [0.4, 0.5) is 5.69 Å². The Morgan fingerprint density at radius 3 is 3.05 bits per heavy atom. The zero-order chi connectivity index (χ0) is 13.9. The summed E-state index contributed by atoms with van der Waals surface area (Å²) < 4.78 is 13.6. The minimum atomic E-state index is -0.812. The molecule has 0 saturated carbocycles. The summed E-state index contributed by atoms with van der Waals surface area (Å²) in [5, 5.41) is 9.69. The predicted molar refractivity (Wildman–Crippen MR) is 81.3 cm³/mol. The van der Waals surface area contributed by atoms with E-state index in [0.717, 1.165) is 27.4 Å². The van der Waals surface area contributed by atoms with Crippen LogP contribution in [0.3, 0.4) is 0 Å². The molecule has 0 saturated heterocycles. The van der Waals surface area contributed by atoms with Crippen LogP contribution in [0.15, 0.2) is 47.4 Å². The zero-order valence-electron chi connectivity index (χ0n) is 11.0. The SMILES string of the molecule is COc1cccc(SNc2ccc3c(c2)B(O)OC3)c1. The first-order valence-corrected chi connectivity index (χ1v) is 7.07. The second kappa shape index (κ2) is 5.79. The highest BCUT2D eigenvalue weighted by molar-refractivity contribution is 8.00. The molecule has 0 amide bonds. The molecule has 1 aliphatic heterocycles. The lowest BCUT2D eigenvalue weighted by Crippen LogP contribution is -2.28. The maximum absolute atomic E-state index is 9.69. The first kappa shape index (κ1) is 13.4. The molecule has 102 valence electrons. The Balaban J connectivity index is 1.71. The van der Waals surface area contributed by atoms with E-state index in [4.69, 9.17) is 9.39 Å². The van der Waals surface area contributed by atoms with Gasteiger partial charge in [-0.15, -0.1) is 0 Å². The third-order valence-electron chi connectivity index (χ3n) is 3.14. The summed E-state index contributed by atoms with van der Waals surface area (Å²) in [5.74, 6) is 0.828. The molecule has 1 heterocycles. The highest BCUT2D eigenvalue weighted by atomic mass is 32.2. The van der Waals surface area contributed by atoms with Crippen molar-refractivity contribution in [2.45, 2.75) is 11.5 Å². The normalized spacial score (nSPS) is 13.2. The predicted octanol–water partition coefficient (Wildman–Crippen LogP) is 2.03. The summed E-state index contributed by atoms with van der Waals surface area (Å²) in [6, 6.07) is 13.7. The minimum Gasteiger partial charge on any atom is -0.497 e. The maximum atomic E-state index is 9.69. The summed E-state index contributed by atoms with van der Waals surface area (Å²) in [4.78, 5) is 1.06. The summed E-state index contributed by atoms with van der Waals surface area (Å²) >= 11 is 1.50. The molecule has 6 heteroatoms. The second-order valence-corrected chi connectivity index (χ2v) is 5.34. The van der Waals surface area contributed by atoms with Crippen LogP contribution in [0.2, 0.25) is 0 Å². The molecule has 20 heavy (non-hydrogen) atoms. The number of rotatable bonds is 4. The van der Waals surface area contributed by atoms with Crippen LogP contribution in [-0.4, -0.2) is 19.3 Å². The third kappa shape index (κ3) is 2.77. The van der Waals surface area contributed by atoms with E-state index in [9.17, 15) is 5.02 Å². The highest BCUT2D eigenvalue weighted by Crippen LogP contribution is 2.25. The molecule has 2 aromatic rings. The summed E-state index contributed by atoms with van der Waals surface area (Å²) in [6.45, 7) is 0.472. The van der Waals surface area contributed by atoms with Gasteiger partial charge in [-0.2, -0.15) is 0 Å². The number of methoxy groups -OCH3 is 1. The molecule has 0 aromatic heterocycles. The Labute approximate surface area is 122 Å². The standard InChI is InChI=1S/C14H14BNO3S/c1-18-12-3-2-4-13(8-12)20-16-11-6-5-10-9-19-15(17)14(10)7-11/h2-8,16-17H,9H2,1H3. The largest absolute Gasteiger partial charge is 0.497 e. The van der Waals surface area contributed by atoms with E-state index in [1.54, 1.807) is 7.11 Å². The molecule has 0 bridgehead atoms. The third-order valence-corrected chi connectivity index (χ3v) is 3.96. The molecule has 4 nitrogen and oxygen atoms in total. The van der Waals surface area contributed by atoms with Crippen LogP contribution in [0.25, 0.3) is 0 Å². The highest BCUT2D eigenvalue weighted by Gasteiger charge is 2.27. The molecule has 0 unspecified atom stereocenters. The van der Waals surface area contributed by atoms with Crippen molar-refractivity contribution in [3.05, 3.63) is 48.0 Å². The van der Waals surface area contributed by atoms with Crippen molar-refractivity contribution in [1.29, 1.82) is 0 Å². The maximum Gasteiger partial charge on any atom is 0.491 e. The topological polar surface area (TPSA) is 50.7 Å². The van der Waals surface area contributed by atoms with Gasteiger partial charge in [0.25, 0.3) is 0 Å². The van der Waals surface area contributed by atoms with Crippen molar-refractivity contribution < 1.29 is 14.4 Å². The Morgan fingerprint density at radius 1 is 1.30 bits per heavy atom. The number of fused-ring (bicyclic) bond motifs is 1. The van der Waals surface area contributed by atoms with Crippen molar-refractivity contribution in [3.8, 4) is 5.75 Å². The van der Waals surface area contributed by atoms with E-state index >= 15 is 0 Å². The van der Waals surface area contributed by atoms with Crippen molar-refractivity contribution in [2.24, 2.45) is 0 Å². The van der Waals surface area contributed by atoms with Crippen molar-refractivity contribution >= 4 is 30.2 Å². The lowest BCUT2D eigenvalue weighted by Gasteiger charge is -2.08. The number of hydrogen-bond acceptors (Lipinski definition) is 5. The van der Waals surface area contributed by atoms with Gasteiger partial charge >= 0.3 is 7.12 Å². The van der Waals surface area contributed by atoms with Crippen LogP contribution in [0.5, 0.6) is 5.75 Å². The number of hydrogen-bond donors (Lipinski definition) is 2. The smallest absolute Gasteiger partial charge is 0.491 e. The number of anilines is 1. The molecule has 2 aromatic carbocycles. The monoisotopic (exact) mass is 287 g/mol. The Bertz CT molecular complexity index is 623. The van der Waals surface area contributed by atoms with Gasteiger partial charge in [0.05, 0.1) is 13.7 Å². The molecule has 3 rings (SSSR count). The summed E-state index contributed by atoms with van der Waals surface area (Å²) in [5.41, 5.74) is 2.80. The van der Waals surface area contributed by atoms with Gasteiger partial charge in [0, 0.05) is 10.6 Å². The summed E-state index contributed by atoms with van der Waals surface area (Å²) in [7, 11) is 0.840.